The van der Waals surface area contributed by atoms with Crippen LogP contribution in [0.25, 0.3) is 0 Å². The largest absolute Gasteiger partial charge is 0.444 e. The molecule has 0 bridgehead atoms. The lowest BCUT2D eigenvalue weighted by Crippen LogP contribution is -2.37. The number of H-pyrrole nitrogens is 1. The number of aromatic nitrogens is 2. The first-order valence-corrected chi connectivity index (χ1v) is 7.25. The standard InChI is InChI=1S/C13H20BrN3O2/c1-8-5-9(11-15-6-10(14)16-11)17(7-8)12(18)19-13(2,3)4/h6,8-9H,5,7H2,1-4H3,(H,15,16)/t8-,9-/m0/s1. The van der Waals surface area contributed by atoms with Crippen molar-refractivity contribution < 1.29 is 9.53 Å². The summed E-state index contributed by atoms with van der Waals surface area (Å²) in [7, 11) is 0. The zero-order valence-corrected chi connectivity index (χ0v) is 13.3. The quantitative estimate of drug-likeness (QED) is 0.857. The first-order valence-electron chi connectivity index (χ1n) is 6.46. The number of hydrogen-bond donors (Lipinski definition) is 1. The minimum atomic E-state index is -0.475. The summed E-state index contributed by atoms with van der Waals surface area (Å²) in [5, 5.41) is 0. The van der Waals surface area contributed by atoms with Crippen LogP contribution in [0.2, 0.25) is 0 Å². The highest BCUT2D eigenvalue weighted by molar-refractivity contribution is 9.10. The maximum absolute atomic E-state index is 12.2. The molecule has 2 atom stereocenters. The lowest BCUT2D eigenvalue weighted by atomic mass is 10.1. The van der Waals surface area contributed by atoms with Crippen molar-refractivity contribution in [3.05, 3.63) is 16.6 Å². The fourth-order valence-corrected chi connectivity index (χ4v) is 2.62. The van der Waals surface area contributed by atoms with Gasteiger partial charge in [-0.05, 0) is 49.0 Å². The van der Waals surface area contributed by atoms with Crippen LogP contribution in [0.5, 0.6) is 0 Å². The molecule has 0 aromatic carbocycles. The third-order valence-electron chi connectivity index (χ3n) is 3.02. The van der Waals surface area contributed by atoms with Crippen LogP contribution in [0, 0.1) is 5.92 Å². The van der Waals surface area contributed by atoms with Crippen LogP contribution in [-0.4, -0.2) is 33.1 Å². The van der Waals surface area contributed by atoms with Gasteiger partial charge in [-0.15, -0.1) is 0 Å². The number of carbonyl (C=O) groups is 1. The highest BCUT2D eigenvalue weighted by atomic mass is 79.9. The molecule has 1 N–H and O–H groups in total. The van der Waals surface area contributed by atoms with Gasteiger partial charge < -0.3 is 9.72 Å². The zero-order chi connectivity index (χ0) is 14.2. The Hall–Kier alpha value is -1.04. The summed E-state index contributed by atoms with van der Waals surface area (Å²) in [4.78, 5) is 21.5. The van der Waals surface area contributed by atoms with Gasteiger partial charge >= 0.3 is 6.09 Å². The molecule has 2 rings (SSSR count). The van der Waals surface area contributed by atoms with Crippen LogP contribution >= 0.6 is 15.9 Å². The Labute approximate surface area is 121 Å². The number of ether oxygens (including phenoxy) is 1. The topological polar surface area (TPSA) is 58.2 Å². The SMILES string of the molecule is C[C@H]1C[C@@H](c2ncc(Br)[nH]2)N(C(=O)OC(C)(C)C)C1. The van der Waals surface area contributed by atoms with Crippen LogP contribution in [-0.2, 0) is 4.74 Å². The molecule has 2 heterocycles. The number of aromatic amines is 1. The number of likely N-dealkylation sites (tertiary alicyclic amines) is 1. The van der Waals surface area contributed by atoms with E-state index in [2.05, 4.69) is 32.8 Å². The molecular weight excluding hydrogens is 310 g/mol. The lowest BCUT2D eigenvalue weighted by Gasteiger charge is -2.27. The number of imidazole rings is 1. The number of carbonyl (C=O) groups excluding carboxylic acids is 1. The number of nitrogens with zero attached hydrogens (tertiary/aromatic N) is 2. The van der Waals surface area contributed by atoms with Gasteiger partial charge in [-0.3, -0.25) is 4.90 Å². The van der Waals surface area contributed by atoms with Crippen LogP contribution in [0.4, 0.5) is 4.79 Å². The average molecular weight is 330 g/mol. The van der Waals surface area contributed by atoms with E-state index >= 15 is 0 Å². The van der Waals surface area contributed by atoms with Gasteiger partial charge in [0.15, 0.2) is 0 Å². The van der Waals surface area contributed by atoms with Gasteiger partial charge in [-0.2, -0.15) is 0 Å². The third-order valence-corrected chi connectivity index (χ3v) is 3.42. The van der Waals surface area contributed by atoms with Gasteiger partial charge in [0, 0.05) is 6.54 Å². The van der Waals surface area contributed by atoms with E-state index in [4.69, 9.17) is 4.74 Å². The predicted octanol–water partition coefficient (Wildman–Crippen LogP) is 3.49. The van der Waals surface area contributed by atoms with Crippen LogP contribution in [0.1, 0.15) is 46.0 Å². The molecule has 19 heavy (non-hydrogen) atoms. The van der Waals surface area contributed by atoms with Crippen molar-refractivity contribution in [1.82, 2.24) is 14.9 Å². The van der Waals surface area contributed by atoms with Crippen molar-refractivity contribution in [2.24, 2.45) is 5.92 Å². The molecule has 0 radical (unpaired) electrons. The average Bonchev–Trinajstić information content (AvgIpc) is 2.81. The summed E-state index contributed by atoms with van der Waals surface area (Å²) < 4.78 is 6.29. The van der Waals surface area contributed by atoms with E-state index in [-0.39, 0.29) is 12.1 Å². The number of amides is 1. The van der Waals surface area contributed by atoms with Crippen molar-refractivity contribution in [1.29, 1.82) is 0 Å². The zero-order valence-electron chi connectivity index (χ0n) is 11.7. The van der Waals surface area contributed by atoms with E-state index in [0.29, 0.717) is 12.5 Å². The second-order valence-corrected chi connectivity index (χ2v) is 6.96. The molecule has 1 aliphatic heterocycles. The second kappa shape index (κ2) is 5.15. The van der Waals surface area contributed by atoms with E-state index < -0.39 is 5.60 Å². The Morgan fingerprint density at radius 1 is 1.58 bits per heavy atom. The Balaban J connectivity index is 2.16. The summed E-state index contributed by atoms with van der Waals surface area (Å²) in [6.07, 6.45) is 2.35. The van der Waals surface area contributed by atoms with Crippen molar-refractivity contribution in [3.8, 4) is 0 Å². The Kier molecular flexibility index (Phi) is 3.90. The number of nitrogens with one attached hydrogen (secondary N) is 1. The molecule has 1 aromatic rings. The summed E-state index contributed by atoms with van der Waals surface area (Å²) in [5.74, 6) is 1.25. The fraction of sp³-hybridized carbons (Fsp3) is 0.692. The molecule has 1 saturated heterocycles. The highest BCUT2D eigenvalue weighted by Crippen LogP contribution is 2.35. The molecule has 1 fully saturated rings. The van der Waals surface area contributed by atoms with Gasteiger partial charge in [0.1, 0.15) is 16.0 Å². The number of hydrogen-bond acceptors (Lipinski definition) is 3. The van der Waals surface area contributed by atoms with E-state index in [1.807, 2.05) is 20.8 Å². The Morgan fingerprint density at radius 3 is 2.79 bits per heavy atom. The second-order valence-electron chi connectivity index (χ2n) is 6.11. The maximum atomic E-state index is 12.2. The summed E-state index contributed by atoms with van der Waals surface area (Å²) in [6, 6.07) is -0.0313. The van der Waals surface area contributed by atoms with E-state index in [9.17, 15) is 4.79 Å². The fourth-order valence-electron chi connectivity index (χ4n) is 2.31. The summed E-state index contributed by atoms with van der Waals surface area (Å²) in [5.41, 5.74) is -0.475. The van der Waals surface area contributed by atoms with E-state index in [0.717, 1.165) is 16.8 Å². The van der Waals surface area contributed by atoms with Gasteiger partial charge in [-0.1, -0.05) is 6.92 Å². The molecule has 0 unspecified atom stereocenters. The van der Waals surface area contributed by atoms with Gasteiger partial charge in [0.05, 0.1) is 12.2 Å². The highest BCUT2D eigenvalue weighted by Gasteiger charge is 2.38. The first kappa shape index (κ1) is 14.4. The first-order chi connectivity index (χ1) is 8.76. The van der Waals surface area contributed by atoms with Crippen molar-refractivity contribution >= 4 is 22.0 Å². The summed E-state index contributed by atoms with van der Waals surface area (Å²) in [6.45, 7) is 8.47. The molecule has 0 spiro atoms. The van der Waals surface area contributed by atoms with Crippen LogP contribution in [0.15, 0.2) is 10.8 Å². The van der Waals surface area contributed by atoms with Crippen LogP contribution in [0.3, 0.4) is 0 Å². The molecule has 106 valence electrons. The molecule has 1 aromatic heterocycles. The molecule has 1 amide bonds. The maximum Gasteiger partial charge on any atom is 0.410 e. The van der Waals surface area contributed by atoms with Crippen LogP contribution < -0.4 is 0 Å². The predicted molar refractivity (Wildman–Crippen MR) is 75.7 cm³/mol. The van der Waals surface area contributed by atoms with E-state index in [1.165, 1.54) is 0 Å². The smallest absolute Gasteiger partial charge is 0.410 e. The molecule has 0 saturated carbocycles. The lowest BCUT2D eigenvalue weighted by molar-refractivity contribution is 0.0214. The summed E-state index contributed by atoms with van der Waals surface area (Å²) >= 11 is 3.35. The minimum absolute atomic E-state index is 0.0313. The van der Waals surface area contributed by atoms with E-state index in [1.54, 1.807) is 11.1 Å². The normalized spacial score (nSPS) is 23.7. The molecule has 6 heteroatoms. The van der Waals surface area contributed by atoms with Crippen molar-refractivity contribution in [2.45, 2.75) is 45.8 Å². The number of rotatable bonds is 1. The molecule has 5 nitrogen and oxygen atoms in total. The number of halogens is 1. The van der Waals surface area contributed by atoms with Gasteiger partial charge in [-0.25, -0.2) is 9.78 Å². The third kappa shape index (κ3) is 3.49. The minimum Gasteiger partial charge on any atom is -0.444 e. The van der Waals surface area contributed by atoms with Crippen molar-refractivity contribution in [3.63, 3.8) is 0 Å². The molecule has 1 aliphatic rings. The van der Waals surface area contributed by atoms with Gasteiger partial charge in [0.2, 0.25) is 0 Å². The Morgan fingerprint density at radius 2 is 2.26 bits per heavy atom. The molecular formula is C13H20BrN3O2. The Bertz CT molecular complexity index is 467. The van der Waals surface area contributed by atoms with Gasteiger partial charge in [0.25, 0.3) is 0 Å². The monoisotopic (exact) mass is 329 g/mol. The molecule has 0 aliphatic carbocycles. The van der Waals surface area contributed by atoms with Crippen molar-refractivity contribution in [2.75, 3.05) is 6.54 Å².